The fourth-order valence-electron chi connectivity index (χ4n) is 3.44. The maximum Gasteiger partial charge on any atom is 0.516 e. The van der Waals surface area contributed by atoms with Crippen LogP contribution in [-0.4, -0.2) is 42.0 Å². The molecule has 1 saturated heterocycles. The van der Waals surface area contributed by atoms with Crippen molar-refractivity contribution in [1.29, 1.82) is 0 Å². The summed E-state index contributed by atoms with van der Waals surface area (Å²) in [5.74, 6) is 1.00. The quantitative estimate of drug-likeness (QED) is 0.803. The van der Waals surface area contributed by atoms with Crippen molar-refractivity contribution in [3.63, 3.8) is 0 Å². The first-order valence-corrected chi connectivity index (χ1v) is 8.83. The van der Waals surface area contributed by atoms with Crippen LogP contribution in [0, 0.1) is 0 Å². The fourth-order valence-corrected chi connectivity index (χ4v) is 3.44. The van der Waals surface area contributed by atoms with Crippen LogP contribution >= 0.6 is 0 Å². The Hall–Kier alpha value is -1.01. The first-order valence-electron chi connectivity index (χ1n) is 8.83. The van der Waals surface area contributed by atoms with E-state index in [1.54, 1.807) is 0 Å². The van der Waals surface area contributed by atoms with Crippen molar-refractivity contribution in [1.82, 2.24) is 9.55 Å². The van der Waals surface area contributed by atoms with Crippen molar-refractivity contribution in [2.75, 3.05) is 19.0 Å². The van der Waals surface area contributed by atoms with Crippen LogP contribution < -0.4 is 10.5 Å². The molecule has 0 spiro atoms. The second-order valence-electron chi connectivity index (χ2n) is 8.15. The summed E-state index contributed by atoms with van der Waals surface area (Å²) in [7, 11) is 3.72. The third kappa shape index (κ3) is 3.03. The summed E-state index contributed by atoms with van der Waals surface area (Å²) in [4.78, 5) is 6.92. The van der Waals surface area contributed by atoms with Gasteiger partial charge in [0.1, 0.15) is 0 Å². The number of aromatic nitrogens is 2. The first-order chi connectivity index (χ1) is 10.7. The molecule has 2 aliphatic rings. The van der Waals surface area contributed by atoms with Gasteiger partial charge in [-0.1, -0.05) is 19.3 Å². The molecule has 1 saturated carbocycles. The highest BCUT2D eigenvalue weighted by molar-refractivity contribution is 6.61. The van der Waals surface area contributed by atoms with E-state index in [1.807, 2.05) is 0 Å². The van der Waals surface area contributed by atoms with Crippen molar-refractivity contribution in [2.24, 2.45) is 0 Å². The second kappa shape index (κ2) is 5.81. The van der Waals surface area contributed by atoms with E-state index in [2.05, 4.69) is 57.5 Å². The Morgan fingerprint density at radius 1 is 1.09 bits per heavy atom. The van der Waals surface area contributed by atoms with Gasteiger partial charge in [0.15, 0.2) is 0 Å². The van der Waals surface area contributed by atoms with Gasteiger partial charge in [-0.25, -0.2) is 4.98 Å². The Bertz CT molecular complexity index is 546. The van der Waals surface area contributed by atoms with Gasteiger partial charge in [-0.15, -0.1) is 0 Å². The number of anilines is 1. The molecule has 0 bridgehead atoms. The average molecular weight is 319 g/mol. The second-order valence-corrected chi connectivity index (χ2v) is 8.15. The lowest BCUT2D eigenvalue weighted by Gasteiger charge is -2.32. The molecule has 2 heterocycles. The van der Waals surface area contributed by atoms with Gasteiger partial charge < -0.3 is 18.8 Å². The zero-order valence-electron chi connectivity index (χ0n) is 15.4. The van der Waals surface area contributed by atoms with E-state index in [4.69, 9.17) is 14.3 Å². The molecule has 1 aromatic rings. The number of imidazole rings is 1. The molecule has 1 aliphatic carbocycles. The van der Waals surface area contributed by atoms with Gasteiger partial charge in [-0.2, -0.15) is 0 Å². The number of rotatable bonds is 3. The van der Waals surface area contributed by atoms with Crippen LogP contribution in [0.5, 0.6) is 0 Å². The zero-order valence-corrected chi connectivity index (χ0v) is 15.4. The first kappa shape index (κ1) is 16.8. The molecule has 0 radical (unpaired) electrons. The molecule has 3 rings (SSSR count). The number of hydrogen-bond donors (Lipinski definition) is 0. The van der Waals surface area contributed by atoms with Gasteiger partial charge in [0.05, 0.1) is 16.8 Å². The predicted octanol–water partition coefficient (Wildman–Crippen LogP) is 2.75. The van der Waals surface area contributed by atoms with Crippen LogP contribution in [0.2, 0.25) is 0 Å². The Kier molecular flexibility index (Phi) is 4.26. The van der Waals surface area contributed by atoms with E-state index in [0.29, 0.717) is 6.04 Å². The van der Waals surface area contributed by atoms with Gasteiger partial charge in [0, 0.05) is 26.3 Å². The third-order valence-corrected chi connectivity index (χ3v) is 5.59. The van der Waals surface area contributed by atoms with Gasteiger partial charge in [-0.3, -0.25) is 0 Å². The van der Waals surface area contributed by atoms with Crippen LogP contribution in [0.25, 0.3) is 0 Å². The molecular weight excluding hydrogens is 289 g/mol. The van der Waals surface area contributed by atoms with Crippen LogP contribution in [0.15, 0.2) is 6.20 Å². The lowest BCUT2D eigenvalue weighted by Crippen LogP contribution is -2.41. The van der Waals surface area contributed by atoms with E-state index >= 15 is 0 Å². The normalized spacial score (nSPS) is 24.2. The highest BCUT2D eigenvalue weighted by Crippen LogP contribution is 2.37. The predicted molar refractivity (Wildman–Crippen MR) is 94.4 cm³/mol. The summed E-state index contributed by atoms with van der Waals surface area (Å²) in [6.07, 6.45) is 8.59. The maximum absolute atomic E-state index is 6.17. The number of hydrogen-bond acceptors (Lipinski definition) is 4. The van der Waals surface area contributed by atoms with Crippen molar-refractivity contribution in [3.8, 4) is 0 Å². The standard InChI is InChI=1S/C17H30BN3O2/c1-16(2)17(3,4)23-18(22-16)14-12-21(15(19-14)20(5)6)13-10-8-7-9-11-13/h12-13H,7-11H2,1-6H3. The molecule has 2 fully saturated rings. The van der Waals surface area contributed by atoms with E-state index in [0.717, 1.165) is 11.5 Å². The molecule has 0 amide bonds. The molecular formula is C17H30BN3O2. The van der Waals surface area contributed by atoms with Gasteiger partial charge >= 0.3 is 7.12 Å². The smallest absolute Gasteiger partial charge is 0.398 e. The third-order valence-electron chi connectivity index (χ3n) is 5.59. The molecule has 6 heteroatoms. The van der Waals surface area contributed by atoms with Crippen LogP contribution in [-0.2, 0) is 9.31 Å². The molecule has 1 aromatic heterocycles. The maximum atomic E-state index is 6.17. The summed E-state index contributed by atoms with van der Waals surface area (Å²) in [6.45, 7) is 8.33. The minimum absolute atomic E-state index is 0.329. The molecule has 0 aromatic carbocycles. The molecule has 0 unspecified atom stereocenters. The van der Waals surface area contributed by atoms with Crippen LogP contribution in [0.3, 0.4) is 0 Å². The van der Waals surface area contributed by atoms with Crippen molar-refractivity contribution in [3.05, 3.63) is 6.20 Å². The highest BCUT2D eigenvalue weighted by atomic mass is 16.7. The molecule has 0 atom stereocenters. The van der Waals surface area contributed by atoms with Crippen molar-refractivity contribution in [2.45, 2.75) is 77.0 Å². The number of nitrogens with zero attached hydrogens (tertiary/aromatic N) is 3. The Morgan fingerprint density at radius 2 is 1.65 bits per heavy atom. The molecule has 23 heavy (non-hydrogen) atoms. The molecule has 0 N–H and O–H groups in total. The van der Waals surface area contributed by atoms with Gasteiger partial charge in [0.25, 0.3) is 0 Å². The molecule has 128 valence electrons. The minimum Gasteiger partial charge on any atom is -0.398 e. The van der Waals surface area contributed by atoms with Gasteiger partial charge in [-0.05, 0) is 40.5 Å². The Labute approximate surface area is 140 Å². The lowest BCUT2D eigenvalue weighted by atomic mass is 9.85. The van der Waals surface area contributed by atoms with Gasteiger partial charge in [0.2, 0.25) is 5.95 Å². The van der Waals surface area contributed by atoms with Crippen molar-refractivity contribution >= 4 is 18.7 Å². The summed E-state index contributed by atoms with van der Waals surface area (Å²) in [5, 5.41) is 0. The summed E-state index contributed by atoms with van der Waals surface area (Å²) >= 11 is 0. The van der Waals surface area contributed by atoms with Crippen molar-refractivity contribution < 1.29 is 9.31 Å². The van der Waals surface area contributed by atoms with E-state index in [9.17, 15) is 0 Å². The zero-order chi connectivity index (χ0) is 16.8. The molecule has 1 aliphatic heterocycles. The summed E-state index contributed by atoms with van der Waals surface area (Å²) in [6, 6.07) is 0.546. The largest absolute Gasteiger partial charge is 0.516 e. The average Bonchev–Trinajstić information content (AvgIpc) is 3.00. The van der Waals surface area contributed by atoms with Crippen LogP contribution in [0.1, 0.15) is 65.8 Å². The lowest BCUT2D eigenvalue weighted by molar-refractivity contribution is 0.00578. The highest BCUT2D eigenvalue weighted by Gasteiger charge is 2.52. The Morgan fingerprint density at radius 3 is 2.17 bits per heavy atom. The summed E-state index contributed by atoms with van der Waals surface area (Å²) < 4.78 is 14.7. The fraction of sp³-hybridized carbons (Fsp3) is 0.824. The minimum atomic E-state index is -0.386. The van der Waals surface area contributed by atoms with E-state index in [1.165, 1.54) is 32.1 Å². The summed E-state index contributed by atoms with van der Waals surface area (Å²) in [5.41, 5.74) is 0.229. The Balaban J connectivity index is 1.89. The van der Waals surface area contributed by atoms with Crippen LogP contribution in [0.4, 0.5) is 5.95 Å². The van der Waals surface area contributed by atoms with E-state index < -0.39 is 0 Å². The van der Waals surface area contributed by atoms with E-state index in [-0.39, 0.29) is 18.3 Å². The monoisotopic (exact) mass is 319 g/mol. The topological polar surface area (TPSA) is 39.5 Å². The SMILES string of the molecule is CN(C)c1nc(B2OC(C)(C)C(C)(C)O2)cn1C1CCCCC1. The molecule has 5 nitrogen and oxygen atoms in total.